The maximum Gasteiger partial charge on any atom is 0.100 e. The molecule has 66 valence electrons. The first-order valence-corrected chi connectivity index (χ1v) is 4.04. The van der Waals surface area contributed by atoms with Crippen LogP contribution in [-0.2, 0) is 9.78 Å². The van der Waals surface area contributed by atoms with Crippen molar-refractivity contribution in [1.82, 2.24) is 0 Å². The average Bonchev–Trinajstić information content (AvgIpc) is 1.99. The lowest BCUT2D eigenvalue weighted by Gasteiger charge is -2.20. The summed E-state index contributed by atoms with van der Waals surface area (Å²) < 4.78 is 0. The first-order chi connectivity index (χ1) is 5.12. The maximum atomic E-state index is 5.13. The Morgan fingerprint density at radius 1 is 1.36 bits per heavy atom. The van der Waals surface area contributed by atoms with Crippen LogP contribution in [0, 0.1) is 0 Å². The third-order valence-corrected chi connectivity index (χ3v) is 1.54. The van der Waals surface area contributed by atoms with E-state index in [1.807, 2.05) is 32.9 Å². The summed E-state index contributed by atoms with van der Waals surface area (Å²) >= 11 is 0. The largest absolute Gasteiger partial charge is 0.232 e. The van der Waals surface area contributed by atoms with Crippen LogP contribution in [0.15, 0.2) is 12.2 Å². The van der Waals surface area contributed by atoms with E-state index in [-0.39, 0.29) is 5.60 Å². The Bertz CT molecular complexity index is 117. The van der Waals surface area contributed by atoms with Crippen LogP contribution in [0.3, 0.4) is 0 Å². The summed E-state index contributed by atoms with van der Waals surface area (Å²) in [6, 6.07) is 0. The SMILES string of the molecule is CC=CCOOC(C)(C)CC. The van der Waals surface area contributed by atoms with Gasteiger partial charge in [-0.3, -0.25) is 0 Å². The minimum absolute atomic E-state index is 0.165. The van der Waals surface area contributed by atoms with Crippen LogP contribution in [0.1, 0.15) is 34.1 Å². The van der Waals surface area contributed by atoms with E-state index in [1.165, 1.54) is 0 Å². The molecule has 0 aromatic carbocycles. The van der Waals surface area contributed by atoms with Gasteiger partial charge in [-0.25, -0.2) is 9.78 Å². The van der Waals surface area contributed by atoms with Crippen LogP contribution in [0.4, 0.5) is 0 Å². The van der Waals surface area contributed by atoms with Gasteiger partial charge in [-0.2, -0.15) is 0 Å². The summed E-state index contributed by atoms with van der Waals surface area (Å²) in [5.41, 5.74) is -0.165. The van der Waals surface area contributed by atoms with Crippen molar-refractivity contribution in [3.8, 4) is 0 Å². The smallest absolute Gasteiger partial charge is 0.100 e. The Hall–Kier alpha value is -0.340. The van der Waals surface area contributed by atoms with Gasteiger partial charge in [0.1, 0.15) is 6.61 Å². The summed E-state index contributed by atoms with van der Waals surface area (Å²) in [5.74, 6) is 0. The van der Waals surface area contributed by atoms with E-state index in [1.54, 1.807) is 0 Å². The van der Waals surface area contributed by atoms with Gasteiger partial charge < -0.3 is 0 Å². The van der Waals surface area contributed by atoms with E-state index >= 15 is 0 Å². The molecule has 0 saturated heterocycles. The van der Waals surface area contributed by atoms with Gasteiger partial charge in [-0.05, 0) is 27.2 Å². The topological polar surface area (TPSA) is 18.5 Å². The highest BCUT2D eigenvalue weighted by Crippen LogP contribution is 2.13. The summed E-state index contributed by atoms with van der Waals surface area (Å²) in [4.78, 5) is 10.1. The second-order valence-electron chi connectivity index (χ2n) is 3.05. The molecular weight excluding hydrogens is 140 g/mol. The predicted octanol–water partition coefficient (Wildman–Crippen LogP) is 2.70. The third kappa shape index (κ3) is 6.07. The minimum atomic E-state index is -0.165. The molecule has 0 spiro atoms. The number of rotatable bonds is 5. The quantitative estimate of drug-likeness (QED) is 0.265. The molecule has 0 aliphatic rings. The zero-order chi connectivity index (χ0) is 8.74. The molecule has 0 aliphatic heterocycles. The predicted molar refractivity (Wildman–Crippen MR) is 46.2 cm³/mol. The summed E-state index contributed by atoms with van der Waals surface area (Å²) in [5, 5.41) is 0. The fraction of sp³-hybridized carbons (Fsp3) is 0.778. The van der Waals surface area contributed by atoms with Crippen molar-refractivity contribution < 1.29 is 9.78 Å². The molecule has 0 aliphatic carbocycles. The highest BCUT2D eigenvalue weighted by atomic mass is 17.2. The summed E-state index contributed by atoms with van der Waals surface area (Å²) in [7, 11) is 0. The molecule has 0 atom stereocenters. The minimum Gasteiger partial charge on any atom is -0.232 e. The van der Waals surface area contributed by atoms with Gasteiger partial charge in [0.25, 0.3) is 0 Å². The van der Waals surface area contributed by atoms with Crippen LogP contribution in [-0.4, -0.2) is 12.2 Å². The third-order valence-electron chi connectivity index (χ3n) is 1.54. The van der Waals surface area contributed by atoms with Crippen LogP contribution >= 0.6 is 0 Å². The Kier molecular flexibility index (Phi) is 5.16. The van der Waals surface area contributed by atoms with Crippen molar-refractivity contribution in [2.75, 3.05) is 6.61 Å². The molecule has 0 aromatic rings. The van der Waals surface area contributed by atoms with Gasteiger partial charge in [0.2, 0.25) is 0 Å². The van der Waals surface area contributed by atoms with E-state index in [0.29, 0.717) is 6.61 Å². The second kappa shape index (κ2) is 5.33. The van der Waals surface area contributed by atoms with E-state index in [4.69, 9.17) is 9.78 Å². The molecule has 0 fully saturated rings. The normalized spacial score (nSPS) is 12.7. The van der Waals surface area contributed by atoms with Crippen molar-refractivity contribution in [2.45, 2.75) is 39.7 Å². The van der Waals surface area contributed by atoms with E-state index in [0.717, 1.165) is 6.42 Å². The van der Waals surface area contributed by atoms with Gasteiger partial charge in [0.15, 0.2) is 0 Å². The van der Waals surface area contributed by atoms with Gasteiger partial charge >= 0.3 is 0 Å². The average molecular weight is 158 g/mol. The molecule has 2 heteroatoms. The molecule has 0 unspecified atom stereocenters. The molecule has 2 nitrogen and oxygen atoms in total. The molecular formula is C9H18O2. The van der Waals surface area contributed by atoms with Crippen molar-refractivity contribution in [3.63, 3.8) is 0 Å². The van der Waals surface area contributed by atoms with Crippen molar-refractivity contribution in [3.05, 3.63) is 12.2 Å². The van der Waals surface area contributed by atoms with E-state index in [9.17, 15) is 0 Å². The van der Waals surface area contributed by atoms with Gasteiger partial charge in [0, 0.05) is 0 Å². The lowest BCUT2D eigenvalue weighted by molar-refractivity contribution is -0.347. The highest BCUT2D eigenvalue weighted by molar-refractivity contribution is 4.75. The Morgan fingerprint density at radius 2 is 2.00 bits per heavy atom. The summed E-state index contributed by atoms with van der Waals surface area (Å²) in [6.45, 7) is 8.55. The first-order valence-electron chi connectivity index (χ1n) is 4.04. The molecule has 0 amide bonds. The standard InChI is InChI=1S/C9H18O2/c1-5-7-8-10-11-9(3,4)6-2/h5,7H,6,8H2,1-4H3. The van der Waals surface area contributed by atoms with E-state index < -0.39 is 0 Å². The van der Waals surface area contributed by atoms with Crippen LogP contribution < -0.4 is 0 Å². The van der Waals surface area contributed by atoms with Crippen LogP contribution in [0.5, 0.6) is 0 Å². The number of hydrogen-bond donors (Lipinski definition) is 0. The van der Waals surface area contributed by atoms with Crippen molar-refractivity contribution >= 4 is 0 Å². The molecule has 0 saturated carbocycles. The highest BCUT2D eigenvalue weighted by Gasteiger charge is 2.15. The first kappa shape index (κ1) is 10.7. The van der Waals surface area contributed by atoms with Crippen LogP contribution in [0.25, 0.3) is 0 Å². The number of hydrogen-bond acceptors (Lipinski definition) is 2. The molecule has 0 aromatic heterocycles. The fourth-order valence-electron chi connectivity index (χ4n) is 0.388. The fourth-order valence-corrected chi connectivity index (χ4v) is 0.388. The molecule has 0 rings (SSSR count). The lowest BCUT2D eigenvalue weighted by Crippen LogP contribution is -2.23. The molecule has 0 heterocycles. The zero-order valence-electron chi connectivity index (χ0n) is 7.89. The van der Waals surface area contributed by atoms with Crippen molar-refractivity contribution in [1.29, 1.82) is 0 Å². The van der Waals surface area contributed by atoms with Gasteiger partial charge in [-0.15, -0.1) is 0 Å². The second-order valence-corrected chi connectivity index (χ2v) is 3.05. The van der Waals surface area contributed by atoms with Crippen molar-refractivity contribution in [2.24, 2.45) is 0 Å². The molecule has 11 heavy (non-hydrogen) atoms. The Labute approximate surface area is 69.1 Å². The summed E-state index contributed by atoms with van der Waals surface area (Å²) in [6.07, 6.45) is 4.79. The molecule has 0 N–H and O–H groups in total. The van der Waals surface area contributed by atoms with E-state index in [2.05, 4.69) is 6.92 Å². The van der Waals surface area contributed by atoms with Crippen LogP contribution in [0.2, 0.25) is 0 Å². The Balaban J connectivity index is 3.37. The molecule has 0 bridgehead atoms. The number of allylic oxidation sites excluding steroid dienone is 1. The zero-order valence-corrected chi connectivity index (χ0v) is 7.89. The van der Waals surface area contributed by atoms with Gasteiger partial charge in [0.05, 0.1) is 5.60 Å². The molecule has 0 radical (unpaired) electrons. The maximum absolute atomic E-state index is 5.13. The monoisotopic (exact) mass is 158 g/mol. The lowest BCUT2D eigenvalue weighted by atomic mass is 10.1. The Morgan fingerprint density at radius 3 is 2.45 bits per heavy atom. The van der Waals surface area contributed by atoms with Gasteiger partial charge in [-0.1, -0.05) is 19.1 Å².